The Kier molecular flexibility index (Phi) is 6.40. The smallest absolute Gasteiger partial charge is 0.276 e. The summed E-state index contributed by atoms with van der Waals surface area (Å²) in [5.41, 5.74) is 0. The highest BCUT2D eigenvalue weighted by molar-refractivity contribution is 7.87. The summed E-state index contributed by atoms with van der Waals surface area (Å²) < 4.78 is 28.1. The third-order valence-electron chi connectivity index (χ3n) is 3.38. The van der Waals surface area contributed by atoms with E-state index in [-0.39, 0.29) is 18.4 Å². The maximum atomic E-state index is 11.5. The van der Waals surface area contributed by atoms with E-state index in [1.165, 1.54) is 0 Å². The Balaban J connectivity index is 2.37. The van der Waals surface area contributed by atoms with Crippen molar-refractivity contribution in [2.24, 2.45) is 11.8 Å². The summed E-state index contributed by atoms with van der Waals surface area (Å²) in [7, 11) is -3.36. The molecule has 0 spiro atoms. The van der Waals surface area contributed by atoms with Crippen molar-refractivity contribution < 1.29 is 13.5 Å². The van der Waals surface area contributed by atoms with Gasteiger partial charge in [0.15, 0.2) is 0 Å². The molecule has 0 bridgehead atoms. The molecule has 1 saturated carbocycles. The van der Waals surface area contributed by atoms with Gasteiger partial charge in [0.05, 0.1) is 0 Å². The molecule has 0 aliphatic heterocycles. The fraction of sp³-hybridized carbons (Fsp3) is 1.00. The van der Waals surface area contributed by atoms with Crippen LogP contribution in [0.15, 0.2) is 0 Å². The maximum Gasteiger partial charge on any atom is 0.276 e. The van der Waals surface area contributed by atoms with Crippen LogP contribution in [0.3, 0.4) is 0 Å². The van der Waals surface area contributed by atoms with Crippen molar-refractivity contribution >= 4 is 10.2 Å². The Morgan fingerprint density at radius 1 is 1.18 bits per heavy atom. The minimum atomic E-state index is -3.36. The van der Waals surface area contributed by atoms with Gasteiger partial charge in [-0.3, -0.25) is 0 Å². The van der Waals surface area contributed by atoms with E-state index in [9.17, 15) is 13.5 Å². The van der Waals surface area contributed by atoms with Gasteiger partial charge in [0, 0.05) is 19.7 Å². The molecule has 0 aromatic heterocycles. The highest BCUT2D eigenvalue weighted by Crippen LogP contribution is 2.29. The molecule has 2 atom stereocenters. The summed E-state index contributed by atoms with van der Waals surface area (Å²) in [4.78, 5) is 0. The fourth-order valence-electron chi connectivity index (χ4n) is 2.30. The van der Waals surface area contributed by atoms with Gasteiger partial charge in [-0.05, 0) is 31.1 Å². The first kappa shape index (κ1) is 14.9. The zero-order valence-electron chi connectivity index (χ0n) is 10.5. The minimum Gasteiger partial charge on any atom is -0.396 e. The summed E-state index contributed by atoms with van der Waals surface area (Å²) in [6, 6.07) is 0. The molecule has 2 unspecified atom stereocenters. The molecule has 5 nitrogen and oxygen atoms in total. The van der Waals surface area contributed by atoms with E-state index in [1.807, 2.05) is 6.92 Å². The highest BCUT2D eigenvalue weighted by atomic mass is 32.2. The van der Waals surface area contributed by atoms with Gasteiger partial charge < -0.3 is 5.11 Å². The van der Waals surface area contributed by atoms with Crippen LogP contribution in [0, 0.1) is 11.8 Å². The number of aliphatic hydroxyl groups is 1. The Bertz CT molecular complexity index is 306. The molecular formula is C11H24N2O3S. The third-order valence-corrected chi connectivity index (χ3v) is 4.51. The first-order valence-corrected chi connectivity index (χ1v) is 7.92. The maximum absolute atomic E-state index is 11.5. The van der Waals surface area contributed by atoms with Crippen LogP contribution < -0.4 is 9.44 Å². The lowest BCUT2D eigenvalue weighted by molar-refractivity contribution is 0.136. The normalized spacial score (nSPS) is 26.0. The standard InChI is InChI=1S/C11H24N2O3S/c1-2-7-12-17(15,16)13-8-10-5-3-4-6-11(10)9-14/h10-14H,2-9H2,1H3. The lowest BCUT2D eigenvalue weighted by atomic mass is 9.80. The Hall–Kier alpha value is -0.170. The average molecular weight is 264 g/mol. The van der Waals surface area contributed by atoms with E-state index >= 15 is 0 Å². The van der Waals surface area contributed by atoms with Gasteiger partial charge in [0.1, 0.15) is 0 Å². The van der Waals surface area contributed by atoms with Crippen molar-refractivity contribution in [2.75, 3.05) is 19.7 Å². The van der Waals surface area contributed by atoms with E-state index in [2.05, 4.69) is 9.44 Å². The van der Waals surface area contributed by atoms with Gasteiger partial charge >= 0.3 is 0 Å². The van der Waals surface area contributed by atoms with Gasteiger partial charge in [-0.1, -0.05) is 19.8 Å². The topological polar surface area (TPSA) is 78.4 Å². The lowest BCUT2D eigenvalue weighted by Gasteiger charge is -2.30. The molecule has 0 radical (unpaired) electrons. The van der Waals surface area contributed by atoms with Crippen LogP contribution in [0.25, 0.3) is 0 Å². The predicted octanol–water partition coefficient (Wildman–Crippen LogP) is 0.619. The summed E-state index contributed by atoms with van der Waals surface area (Å²) in [6.45, 7) is 2.98. The Morgan fingerprint density at radius 2 is 1.82 bits per heavy atom. The van der Waals surface area contributed by atoms with Crippen LogP contribution in [0.4, 0.5) is 0 Å². The number of hydrogen-bond acceptors (Lipinski definition) is 3. The molecule has 17 heavy (non-hydrogen) atoms. The number of hydrogen-bond donors (Lipinski definition) is 3. The second-order valence-electron chi connectivity index (χ2n) is 4.73. The number of rotatable bonds is 7. The molecule has 1 aliphatic rings. The van der Waals surface area contributed by atoms with Gasteiger partial charge in [-0.2, -0.15) is 8.42 Å². The van der Waals surface area contributed by atoms with E-state index in [0.717, 1.165) is 32.1 Å². The molecule has 1 fully saturated rings. The first-order valence-electron chi connectivity index (χ1n) is 6.44. The van der Waals surface area contributed by atoms with Crippen molar-refractivity contribution in [1.82, 2.24) is 9.44 Å². The van der Waals surface area contributed by atoms with Crippen molar-refractivity contribution in [3.05, 3.63) is 0 Å². The van der Waals surface area contributed by atoms with Gasteiger partial charge in [0.2, 0.25) is 0 Å². The number of aliphatic hydroxyl groups excluding tert-OH is 1. The van der Waals surface area contributed by atoms with E-state index in [4.69, 9.17) is 0 Å². The molecule has 1 aliphatic carbocycles. The quantitative estimate of drug-likeness (QED) is 0.631. The monoisotopic (exact) mass is 264 g/mol. The van der Waals surface area contributed by atoms with E-state index < -0.39 is 10.2 Å². The summed E-state index contributed by atoms with van der Waals surface area (Å²) >= 11 is 0. The molecule has 0 aromatic rings. The molecule has 6 heteroatoms. The average Bonchev–Trinajstić information content (AvgIpc) is 2.34. The molecular weight excluding hydrogens is 240 g/mol. The molecule has 0 aromatic carbocycles. The Morgan fingerprint density at radius 3 is 2.41 bits per heavy atom. The second kappa shape index (κ2) is 7.31. The molecule has 0 heterocycles. The van der Waals surface area contributed by atoms with Crippen LogP contribution >= 0.6 is 0 Å². The molecule has 102 valence electrons. The van der Waals surface area contributed by atoms with Gasteiger partial charge in [-0.15, -0.1) is 0 Å². The van der Waals surface area contributed by atoms with Gasteiger partial charge in [0.25, 0.3) is 10.2 Å². The van der Waals surface area contributed by atoms with Crippen molar-refractivity contribution in [2.45, 2.75) is 39.0 Å². The zero-order valence-corrected chi connectivity index (χ0v) is 11.3. The van der Waals surface area contributed by atoms with Crippen LogP contribution in [-0.4, -0.2) is 33.2 Å². The first-order chi connectivity index (χ1) is 8.09. The van der Waals surface area contributed by atoms with Crippen LogP contribution in [0.5, 0.6) is 0 Å². The molecule has 1 rings (SSSR count). The highest BCUT2D eigenvalue weighted by Gasteiger charge is 2.25. The summed E-state index contributed by atoms with van der Waals surface area (Å²) in [6.07, 6.45) is 5.06. The van der Waals surface area contributed by atoms with Gasteiger partial charge in [-0.25, -0.2) is 9.44 Å². The largest absolute Gasteiger partial charge is 0.396 e. The summed E-state index contributed by atoms with van der Waals surface area (Å²) in [5, 5.41) is 9.24. The van der Waals surface area contributed by atoms with Crippen LogP contribution in [0.2, 0.25) is 0 Å². The van der Waals surface area contributed by atoms with E-state index in [1.54, 1.807) is 0 Å². The Labute approximate surface area is 104 Å². The molecule has 0 saturated heterocycles. The van der Waals surface area contributed by atoms with Crippen LogP contribution in [-0.2, 0) is 10.2 Å². The fourth-order valence-corrected chi connectivity index (χ4v) is 3.31. The van der Waals surface area contributed by atoms with E-state index in [0.29, 0.717) is 13.1 Å². The molecule has 3 N–H and O–H groups in total. The van der Waals surface area contributed by atoms with Crippen LogP contribution in [0.1, 0.15) is 39.0 Å². The SMILES string of the molecule is CCCNS(=O)(=O)NCC1CCCCC1CO. The summed E-state index contributed by atoms with van der Waals surface area (Å²) in [5.74, 6) is 0.518. The molecule has 0 amide bonds. The zero-order chi connectivity index (χ0) is 12.7. The van der Waals surface area contributed by atoms with Crippen molar-refractivity contribution in [1.29, 1.82) is 0 Å². The minimum absolute atomic E-state index is 0.161. The van der Waals surface area contributed by atoms with Crippen molar-refractivity contribution in [3.63, 3.8) is 0 Å². The second-order valence-corrected chi connectivity index (χ2v) is 6.32. The predicted molar refractivity (Wildman–Crippen MR) is 67.8 cm³/mol. The lowest BCUT2D eigenvalue weighted by Crippen LogP contribution is -2.41. The van der Waals surface area contributed by atoms with Crippen molar-refractivity contribution in [3.8, 4) is 0 Å². The number of nitrogens with one attached hydrogen (secondary N) is 2. The third kappa shape index (κ3) is 5.33.